The Labute approximate surface area is 99.6 Å². The smallest absolute Gasteiger partial charge is 0.169 e. The van der Waals surface area contributed by atoms with Crippen molar-refractivity contribution in [1.29, 1.82) is 0 Å². The molecule has 3 aromatic rings. The van der Waals surface area contributed by atoms with Crippen LogP contribution in [0.4, 0.5) is 5.82 Å². The Kier molecular flexibility index (Phi) is 2.00. The minimum Gasteiger partial charge on any atom is -0.381 e. The summed E-state index contributed by atoms with van der Waals surface area (Å²) in [4.78, 5) is 3.16. The molecule has 0 aliphatic heterocycles. The molecule has 0 fully saturated rings. The molecule has 0 bridgehead atoms. The predicted molar refractivity (Wildman–Crippen MR) is 65.9 cm³/mol. The van der Waals surface area contributed by atoms with Gasteiger partial charge in [-0.25, -0.2) is 0 Å². The number of H-pyrrole nitrogens is 1. The van der Waals surface area contributed by atoms with E-state index in [9.17, 15) is 0 Å². The molecule has 0 amide bonds. The Bertz CT molecular complexity index is 656. The fraction of sp³-hybridized carbons (Fsp3) is 0. The van der Waals surface area contributed by atoms with Gasteiger partial charge < -0.3 is 15.2 Å². The molecule has 2 heterocycles. The van der Waals surface area contributed by atoms with Crippen LogP contribution in [0, 0.1) is 0 Å². The summed E-state index contributed by atoms with van der Waals surface area (Å²) in [6.07, 6.45) is 1.90. The molecule has 3 N–H and O–H groups in total. The van der Waals surface area contributed by atoms with Crippen molar-refractivity contribution in [3.8, 4) is 11.3 Å². The zero-order chi connectivity index (χ0) is 11.1. The van der Waals surface area contributed by atoms with Gasteiger partial charge in [0.1, 0.15) is 0 Å². The number of fused-ring (bicyclic) bond motifs is 1. The molecular weight excluding hydrogens is 270 g/mol. The van der Waals surface area contributed by atoms with Gasteiger partial charge in [0.25, 0.3) is 0 Å². The molecule has 1 aromatic carbocycles. The summed E-state index contributed by atoms with van der Waals surface area (Å²) in [5.41, 5.74) is 7.56. The summed E-state index contributed by atoms with van der Waals surface area (Å²) in [7, 11) is 0. The van der Waals surface area contributed by atoms with Crippen LogP contribution in [-0.4, -0.2) is 10.1 Å². The van der Waals surface area contributed by atoms with Gasteiger partial charge >= 0.3 is 0 Å². The van der Waals surface area contributed by atoms with Crippen molar-refractivity contribution in [2.75, 3.05) is 5.73 Å². The minimum absolute atomic E-state index is 0.388. The van der Waals surface area contributed by atoms with Crippen LogP contribution in [-0.2, 0) is 0 Å². The van der Waals surface area contributed by atoms with Crippen molar-refractivity contribution < 1.29 is 4.52 Å². The van der Waals surface area contributed by atoms with E-state index in [2.05, 4.69) is 26.1 Å². The van der Waals surface area contributed by atoms with Crippen LogP contribution in [0.1, 0.15) is 0 Å². The van der Waals surface area contributed by atoms with Crippen LogP contribution >= 0.6 is 15.9 Å². The maximum Gasteiger partial charge on any atom is 0.169 e. The molecule has 0 saturated heterocycles. The Morgan fingerprint density at radius 1 is 1.38 bits per heavy atom. The van der Waals surface area contributed by atoms with Gasteiger partial charge in [-0.3, -0.25) is 0 Å². The number of aromatic nitrogens is 2. The Morgan fingerprint density at radius 2 is 2.25 bits per heavy atom. The van der Waals surface area contributed by atoms with Crippen molar-refractivity contribution >= 4 is 32.7 Å². The second kappa shape index (κ2) is 3.38. The fourth-order valence-electron chi connectivity index (χ4n) is 1.76. The standard InChI is InChI=1S/C11H8BrN3O/c12-7-5-14-8-3-1-2-6(11(7)8)9-4-10(13)15-16-9/h1-5,14H,(H2,13,15). The number of nitrogens with zero attached hydrogens (tertiary/aromatic N) is 1. The monoisotopic (exact) mass is 277 g/mol. The van der Waals surface area contributed by atoms with Gasteiger partial charge in [0.05, 0.1) is 0 Å². The highest BCUT2D eigenvalue weighted by Crippen LogP contribution is 2.34. The van der Waals surface area contributed by atoms with E-state index >= 15 is 0 Å². The Hall–Kier alpha value is -1.75. The van der Waals surface area contributed by atoms with E-state index in [1.165, 1.54) is 0 Å². The highest BCUT2D eigenvalue weighted by atomic mass is 79.9. The lowest BCUT2D eigenvalue weighted by Gasteiger charge is -1.98. The van der Waals surface area contributed by atoms with Crippen LogP contribution in [0.2, 0.25) is 0 Å². The van der Waals surface area contributed by atoms with Gasteiger partial charge in [-0.1, -0.05) is 17.3 Å². The maximum atomic E-state index is 5.55. The zero-order valence-corrected chi connectivity index (χ0v) is 9.78. The molecule has 0 radical (unpaired) electrons. The van der Waals surface area contributed by atoms with Gasteiger partial charge in [0.2, 0.25) is 0 Å². The van der Waals surface area contributed by atoms with Crippen LogP contribution in [0.15, 0.2) is 39.5 Å². The molecule has 5 heteroatoms. The molecule has 0 aliphatic rings. The third-order valence-corrected chi connectivity index (χ3v) is 3.08. The molecule has 80 valence electrons. The Morgan fingerprint density at radius 3 is 3.00 bits per heavy atom. The van der Waals surface area contributed by atoms with Crippen molar-refractivity contribution in [2.24, 2.45) is 0 Å². The molecule has 0 spiro atoms. The molecule has 0 atom stereocenters. The number of aromatic amines is 1. The fourth-order valence-corrected chi connectivity index (χ4v) is 2.31. The van der Waals surface area contributed by atoms with Crippen LogP contribution in [0.25, 0.3) is 22.2 Å². The van der Waals surface area contributed by atoms with Crippen molar-refractivity contribution in [3.05, 3.63) is 34.9 Å². The van der Waals surface area contributed by atoms with E-state index in [1.807, 2.05) is 24.4 Å². The maximum absolute atomic E-state index is 5.55. The topological polar surface area (TPSA) is 67.8 Å². The van der Waals surface area contributed by atoms with E-state index < -0.39 is 0 Å². The van der Waals surface area contributed by atoms with E-state index in [4.69, 9.17) is 10.3 Å². The molecule has 3 rings (SSSR count). The lowest BCUT2D eigenvalue weighted by Crippen LogP contribution is -1.80. The number of nitrogens with one attached hydrogen (secondary N) is 1. The summed E-state index contributed by atoms with van der Waals surface area (Å²) < 4.78 is 6.17. The summed E-state index contributed by atoms with van der Waals surface area (Å²) in [6, 6.07) is 7.65. The van der Waals surface area contributed by atoms with E-state index in [0.29, 0.717) is 11.6 Å². The van der Waals surface area contributed by atoms with E-state index in [-0.39, 0.29) is 0 Å². The summed E-state index contributed by atoms with van der Waals surface area (Å²) in [5.74, 6) is 1.06. The number of rotatable bonds is 1. The SMILES string of the molecule is Nc1cc(-c2cccc3[nH]cc(Br)c23)on1. The van der Waals surface area contributed by atoms with Crippen LogP contribution in [0.5, 0.6) is 0 Å². The second-order valence-corrected chi connectivity index (χ2v) is 4.34. The van der Waals surface area contributed by atoms with E-state index in [0.717, 1.165) is 20.9 Å². The Balaban J connectivity index is 2.34. The lowest BCUT2D eigenvalue weighted by molar-refractivity contribution is 0.436. The van der Waals surface area contributed by atoms with Crippen LogP contribution in [0.3, 0.4) is 0 Å². The van der Waals surface area contributed by atoms with Crippen molar-refractivity contribution in [2.45, 2.75) is 0 Å². The summed E-state index contributed by atoms with van der Waals surface area (Å²) >= 11 is 3.50. The normalized spacial score (nSPS) is 11.1. The molecule has 16 heavy (non-hydrogen) atoms. The number of benzene rings is 1. The first-order valence-electron chi connectivity index (χ1n) is 4.74. The first-order valence-corrected chi connectivity index (χ1v) is 5.53. The van der Waals surface area contributed by atoms with Gasteiger partial charge in [0.15, 0.2) is 11.6 Å². The lowest BCUT2D eigenvalue weighted by atomic mass is 10.1. The van der Waals surface area contributed by atoms with E-state index in [1.54, 1.807) is 6.07 Å². The number of hydrogen-bond acceptors (Lipinski definition) is 3. The third kappa shape index (κ3) is 1.32. The number of halogens is 1. The number of nitrogens with two attached hydrogens (primary N) is 1. The molecule has 0 aliphatic carbocycles. The molecular formula is C11H8BrN3O. The predicted octanol–water partition coefficient (Wildman–Crippen LogP) is 3.17. The second-order valence-electron chi connectivity index (χ2n) is 3.48. The van der Waals surface area contributed by atoms with Gasteiger partial charge in [-0.2, -0.15) is 0 Å². The highest BCUT2D eigenvalue weighted by Gasteiger charge is 2.11. The number of anilines is 1. The van der Waals surface area contributed by atoms with Gasteiger partial charge in [-0.05, 0) is 22.0 Å². The molecule has 4 nitrogen and oxygen atoms in total. The largest absolute Gasteiger partial charge is 0.381 e. The average molecular weight is 278 g/mol. The summed E-state index contributed by atoms with van der Waals surface area (Å²) in [5, 5.41) is 4.76. The first-order chi connectivity index (χ1) is 7.75. The van der Waals surface area contributed by atoms with Gasteiger partial charge in [0, 0.05) is 33.2 Å². The highest BCUT2D eigenvalue weighted by molar-refractivity contribution is 9.10. The quantitative estimate of drug-likeness (QED) is 0.718. The minimum atomic E-state index is 0.388. The van der Waals surface area contributed by atoms with Crippen molar-refractivity contribution in [1.82, 2.24) is 10.1 Å². The van der Waals surface area contributed by atoms with Crippen LogP contribution < -0.4 is 5.73 Å². The van der Waals surface area contributed by atoms with Gasteiger partial charge in [-0.15, -0.1) is 0 Å². The molecule has 0 unspecified atom stereocenters. The number of hydrogen-bond donors (Lipinski definition) is 2. The molecule has 2 aromatic heterocycles. The average Bonchev–Trinajstić information content (AvgIpc) is 2.86. The van der Waals surface area contributed by atoms with Crippen molar-refractivity contribution in [3.63, 3.8) is 0 Å². The summed E-state index contributed by atoms with van der Waals surface area (Å²) in [6.45, 7) is 0. The number of nitrogen functional groups attached to an aromatic ring is 1. The molecule has 0 saturated carbocycles. The zero-order valence-electron chi connectivity index (χ0n) is 8.20. The third-order valence-electron chi connectivity index (χ3n) is 2.45. The first kappa shape index (κ1) is 9.47.